The predicted octanol–water partition coefficient (Wildman–Crippen LogP) is 2.50. The first-order chi connectivity index (χ1) is 8.89. The summed E-state index contributed by atoms with van der Waals surface area (Å²) in [5, 5.41) is 0. The molecule has 19 heavy (non-hydrogen) atoms. The van der Waals surface area contributed by atoms with Gasteiger partial charge in [0, 0.05) is 6.54 Å². The van der Waals surface area contributed by atoms with Crippen molar-refractivity contribution in [3.8, 4) is 0 Å². The van der Waals surface area contributed by atoms with E-state index in [0.717, 1.165) is 18.8 Å². The average Bonchev–Trinajstić information content (AvgIpc) is 2.44. The van der Waals surface area contributed by atoms with Crippen LogP contribution in [0.3, 0.4) is 0 Å². The van der Waals surface area contributed by atoms with E-state index in [4.69, 9.17) is 15.2 Å². The van der Waals surface area contributed by atoms with Gasteiger partial charge in [0.1, 0.15) is 0 Å². The van der Waals surface area contributed by atoms with E-state index in [1.165, 1.54) is 26.4 Å². The Labute approximate surface area is 117 Å². The molecule has 0 unspecified atom stereocenters. The first kappa shape index (κ1) is 16.4. The van der Waals surface area contributed by atoms with Crippen LogP contribution in [0.2, 0.25) is 0 Å². The molecule has 0 aliphatic heterocycles. The lowest BCUT2D eigenvalue weighted by atomic mass is 9.77. The lowest BCUT2D eigenvalue weighted by Crippen LogP contribution is -2.46. The van der Waals surface area contributed by atoms with Gasteiger partial charge in [0.15, 0.2) is 0 Å². The second kappa shape index (κ2) is 6.71. The van der Waals surface area contributed by atoms with E-state index in [1.807, 2.05) is 13.8 Å². The third kappa shape index (κ3) is 4.18. The van der Waals surface area contributed by atoms with Crippen LogP contribution in [0.25, 0.3) is 0 Å². The van der Waals surface area contributed by atoms with Gasteiger partial charge in [-0.15, -0.1) is 0 Å². The van der Waals surface area contributed by atoms with Crippen molar-refractivity contribution in [3.05, 3.63) is 0 Å². The van der Waals surface area contributed by atoms with Crippen LogP contribution >= 0.6 is 0 Å². The van der Waals surface area contributed by atoms with E-state index in [2.05, 4.69) is 6.92 Å². The van der Waals surface area contributed by atoms with Gasteiger partial charge >= 0.3 is 5.97 Å². The normalized spacial score (nSPS) is 28.2. The Morgan fingerprint density at radius 3 is 2.37 bits per heavy atom. The van der Waals surface area contributed by atoms with Crippen molar-refractivity contribution in [1.82, 2.24) is 0 Å². The summed E-state index contributed by atoms with van der Waals surface area (Å²) >= 11 is 0. The van der Waals surface area contributed by atoms with E-state index >= 15 is 0 Å². The Hall–Kier alpha value is -0.610. The lowest BCUT2D eigenvalue weighted by molar-refractivity contribution is -0.161. The molecular formula is C15H29NO3. The third-order valence-electron chi connectivity index (χ3n) is 4.44. The molecule has 1 aliphatic rings. The summed E-state index contributed by atoms with van der Waals surface area (Å²) in [6.45, 7) is 6.83. The number of hydrogen-bond acceptors (Lipinski definition) is 4. The number of ether oxygens (including phenoxy) is 2. The van der Waals surface area contributed by atoms with Gasteiger partial charge < -0.3 is 15.2 Å². The molecule has 4 heteroatoms. The second-order valence-electron chi connectivity index (χ2n) is 6.40. The molecule has 0 spiro atoms. The van der Waals surface area contributed by atoms with Gasteiger partial charge in [-0.05, 0) is 45.4 Å². The van der Waals surface area contributed by atoms with Crippen molar-refractivity contribution < 1.29 is 14.3 Å². The van der Waals surface area contributed by atoms with Crippen LogP contribution in [0.1, 0.15) is 52.9 Å². The zero-order valence-corrected chi connectivity index (χ0v) is 12.8. The van der Waals surface area contributed by atoms with E-state index in [0.29, 0.717) is 13.2 Å². The van der Waals surface area contributed by atoms with Crippen LogP contribution in [0.4, 0.5) is 0 Å². The molecule has 1 rings (SSSR count). The van der Waals surface area contributed by atoms with Crippen LogP contribution in [-0.4, -0.2) is 31.8 Å². The SMILES string of the molecule is CCC1CCC(CN)(OCC(C)(C)C(=O)OC)CC1. The molecule has 0 aromatic rings. The van der Waals surface area contributed by atoms with Gasteiger partial charge in [-0.2, -0.15) is 0 Å². The van der Waals surface area contributed by atoms with Crippen molar-refractivity contribution in [1.29, 1.82) is 0 Å². The van der Waals surface area contributed by atoms with E-state index in [-0.39, 0.29) is 11.6 Å². The molecule has 0 heterocycles. The lowest BCUT2D eigenvalue weighted by Gasteiger charge is -2.40. The van der Waals surface area contributed by atoms with Gasteiger partial charge in [-0.25, -0.2) is 0 Å². The first-order valence-electron chi connectivity index (χ1n) is 7.31. The van der Waals surface area contributed by atoms with Crippen molar-refractivity contribution in [2.75, 3.05) is 20.3 Å². The van der Waals surface area contributed by atoms with Crippen molar-refractivity contribution in [2.45, 2.75) is 58.5 Å². The van der Waals surface area contributed by atoms with Gasteiger partial charge in [0.25, 0.3) is 0 Å². The maximum Gasteiger partial charge on any atom is 0.313 e. The average molecular weight is 271 g/mol. The number of hydrogen-bond donors (Lipinski definition) is 1. The maximum absolute atomic E-state index is 11.7. The van der Waals surface area contributed by atoms with Crippen LogP contribution in [0, 0.1) is 11.3 Å². The molecule has 0 atom stereocenters. The smallest absolute Gasteiger partial charge is 0.313 e. The molecule has 0 bridgehead atoms. The summed E-state index contributed by atoms with van der Waals surface area (Å²) in [5.74, 6) is 0.568. The van der Waals surface area contributed by atoms with Gasteiger partial charge in [-0.1, -0.05) is 13.3 Å². The Morgan fingerprint density at radius 2 is 1.95 bits per heavy atom. The summed E-state index contributed by atoms with van der Waals surface area (Å²) in [7, 11) is 1.41. The summed E-state index contributed by atoms with van der Waals surface area (Å²) in [6.07, 6.45) is 5.57. The van der Waals surface area contributed by atoms with Crippen LogP contribution < -0.4 is 5.73 Å². The Kier molecular flexibility index (Phi) is 5.81. The molecule has 0 radical (unpaired) electrons. The number of rotatable bonds is 6. The highest BCUT2D eigenvalue weighted by atomic mass is 16.5. The van der Waals surface area contributed by atoms with E-state index < -0.39 is 5.41 Å². The summed E-state index contributed by atoms with van der Waals surface area (Å²) in [6, 6.07) is 0. The topological polar surface area (TPSA) is 61.5 Å². The number of carbonyl (C=O) groups excluding carboxylic acids is 1. The van der Waals surface area contributed by atoms with E-state index in [1.54, 1.807) is 0 Å². The monoisotopic (exact) mass is 271 g/mol. The molecule has 2 N–H and O–H groups in total. The number of nitrogens with two attached hydrogens (primary N) is 1. The molecule has 4 nitrogen and oxygen atoms in total. The minimum Gasteiger partial charge on any atom is -0.469 e. The Morgan fingerprint density at radius 1 is 1.37 bits per heavy atom. The van der Waals surface area contributed by atoms with Crippen molar-refractivity contribution in [2.24, 2.45) is 17.1 Å². The largest absolute Gasteiger partial charge is 0.469 e. The van der Waals surface area contributed by atoms with Crippen LogP contribution in [0.5, 0.6) is 0 Å². The molecule has 1 fully saturated rings. The van der Waals surface area contributed by atoms with E-state index in [9.17, 15) is 4.79 Å². The van der Waals surface area contributed by atoms with Crippen LogP contribution in [0.15, 0.2) is 0 Å². The first-order valence-corrected chi connectivity index (χ1v) is 7.31. The predicted molar refractivity (Wildman–Crippen MR) is 75.8 cm³/mol. The number of carbonyl (C=O) groups is 1. The molecule has 1 saturated carbocycles. The molecule has 0 aromatic heterocycles. The van der Waals surface area contributed by atoms with Gasteiger partial charge in [-0.3, -0.25) is 4.79 Å². The fourth-order valence-electron chi connectivity index (χ4n) is 2.69. The van der Waals surface area contributed by atoms with Crippen molar-refractivity contribution in [3.63, 3.8) is 0 Å². The minimum atomic E-state index is -0.613. The molecule has 112 valence electrons. The Balaban J connectivity index is 2.56. The molecular weight excluding hydrogens is 242 g/mol. The fraction of sp³-hybridized carbons (Fsp3) is 0.933. The highest BCUT2D eigenvalue weighted by Crippen LogP contribution is 2.36. The molecule has 0 aromatic carbocycles. The molecule has 0 saturated heterocycles. The highest BCUT2D eigenvalue weighted by molar-refractivity contribution is 5.75. The maximum atomic E-state index is 11.7. The van der Waals surface area contributed by atoms with Gasteiger partial charge in [0.05, 0.1) is 24.7 Å². The molecule has 0 amide bonds. The number of esters is 1. The zero-order valence-electron chi connectivity index (χ0n) is 12.8. The van der Waals surface area contributed by atoms with Crippen molar-refractivity contribution >= 4 is 5.97 Å². The standard InChI is InChI=1S/C15H29NO3/c1-5-12-6-8-15(10-16,9-7-12)19-11-14(2,3)13(17)18-4/h12H,5-11,16H2,1-4H3. The summed E-state index contributed by atoms with van der Waals surface area (Å²) in [5.41, 5.74) is 5.07. The highest BCUT2D eigenvalue weighted by Gasteiger charge is 2.38. The molecule has 1 aliphatic carbocycles. The summed E-state index contributed by atoms with van der Waals surface area (Å²) in [4.78, 5) is 11.7. The second-order valence-corrected chi connectivity index (χ2v) is 6.40. The zero-order chi connectivity index (χ0) is 14.5. The third-order valence-corrected chi connectivity index (χ3v) is 4.44. The number of methoxy groups -OCH3 is 1. The quantitative estimate of drug-likeness (QED) is 0.754. The van der Waals surface area contributed by atoms with Crippen LogP contribution in [-0.2, 0) is 14.3 Å². The Bertz CT molecular complexity index is 294. The minimum absolute atomic E-state index is 0.234. The van der Waals surface area contributed by atoms with Gasteiger partial charge in [0.2, 0.25) is 0 Å². The summed E-state index contributed by atoms with van der Waals surface area (Å²) < 4.78 is 10.9. The fourth-order valence-corrected chi connectivity index (χ4v) is 2.69.